The lowest BCUT2D eigenvalue weighted by Crippen LogP contribution is -2.32. The number of hydrogen-bond donors (Lipinski definition) is 2. The van der Waals surface area contributed by atoms with Crippen LogP contribution in [-0.4, -0.2) is 27.5 Å². The number of hydrogen-bond acceptors (Lipinski definition) is 5. The summed E-state index contributed by atoms with van der Waals surface area (Å²) in [7, 11) is -2.41. The van der Waals surface area contributed by atoms with Crippen LogP contribution < -0.4 is 19.5 Å². The minimum Gasteiger partial charge on any atom is -0.495 e. The molecule has 0 bridgehead atoms. The largest absolute Gasteiger partial charge is 0.495 e. The van der Waals surface area contributed by atoms with E-state index in [2.05, 4.69) is 10.0 Å². The van der Waals surface area contributed by atoms with Gasteiger partial charge in [-0.2, -0.15) is 0 Å². The van der Waals surface area contributed by atoms with Gasteiger partial charge in [-0.05, 0) is 79.6 Å². The Kier molecular flexibility index (Phi) is 7.55. The Morgan fingerprint density at radius 2 is 1.70 bits per heavy atom. The van der Waals surface area contributed by atoms with Crippen molar-refractivity contribution in [2.75, 3.05) is 17.1 Å². The maximum Gasteiger partial charge on any atom is 0.265 e. The summed E-state index contributed by atoms with van der Waals surface area (Å²) < 4.78 is 52.0. The molecule has 0 aliphatic heterocycles. The SMILES string of the molecule is CC[C@H](Oc1ccc(F)cc1)C(=O)Nc1ccc(S(=O)(=O)Nc2cc(C)ccc2OC)cc1. The number of carbonyl (C=O) groups excluding carboxylic acids is 1. The van der Waals surface area contributed by atoms with Gasteiger partial charge < -0.3 is 14.8 Å². The zero-order chi connectivity index (χ0) is 24.0. The van der Waals surface area contributed by atoms with Crippen LogP contribution in [0.3, 0.4) is 0 Å². The van der Waals surface area contributed by atoms with Crippen LogP contribution in [0.4, 0.5) is 15.8 Å². The standard InChI is InChI=1S/C24H25FN2O5S/c1-4-22(32-19-10-6-17(25)7-11-19)24(28)26-18-8-12-20(13-9-18)33(29,30)27-21-15-16(2)5-14-23(21)31-3/h5-15,22,27H,4H2,1-3H3,(H,26,28)/t22-/m0/s1. The van der Waals surface area contributed by atoms with E-state index in [0.717, 1.165) is 5.56 Å². The van der Waals surface area contributed by atoms with Crippen molar-refractivity contribution in [3.05, 3.63) is 78.1 Å². The summed E-state index contributed by atoms with van der Waals surface area (Å²) in [5, 5.41) is 2.71. The Hall–Kier alpha value is -3.59. The van der Waals surface area contributed by atoms with Gasteiger partial charge >= 0.3 is 0 Å². The van der Waals surface area contributed by atoms with Crippen LogP contribution >= 0.6 is 0 Å². The van der Waals surface area contributed by atoms with Crippen LogP contribution in [0.25, 0.3) is 0 Å². The number of nitrogens with one attached hydrogen (secondary N) is 2. The lowest BCUT2D eigenvalue weighted by atomic mass is 10.2. The normalized spacial score (nSPS) is 12.0. The van der Waals surface area contributed by atoms with E-state index in [4.69, 9.17) is 9.47 Å². The van der Waals surface area contributed by atoms with Gasteiger partial charge in [0.2, 0.25) is 0 Å². The fourth-order valence-electron chi connectivity index (χ4n) is 3.05. The molecule has 0 aliphatic carbocycles. The van der Waals surface area contributed by atoms with Gasteiger partial charge in [-0.3, -0.25) is 9.52 Å². The Labute approximate surface area is 192 Å². The number of methoxy groups -OCH3 is 1. The van der Waals surface area contributed by atoms with E-state index in [1.807, 2.05) is 13.0 Å². The quantitative estimate of drug-likeness (QED) is 0.469. The summed E-state index contributed by atoms with van der Waals surface area (Å²) >= 11 is 0. The van der Waals surface area contributed by atoms with Crippen LogP contribution in [-0.2, 0) is 14.8 Å². The minimum atomic E-state index is -3.87. The van der Waals surface area contributed by atoms with Crippen molar-refractivity contribution in [2.45, 2.75) is 31.3 Å². The Morgan fingerprint density at radius 1 is 1.03 bits per heavy atom. The molecule has 0 saturated carbocycles. The van der Waals surface area contributed by atoms with Gasteiger partial charge in [0, 0.05) is 5.69 Å². The van der Waals surface area contributed by atoms with E-state index in [9.17, 15) is 17.6 Å². The first kappa shape index (κ1) is 24.1. The average molecular weight is 473 g/mol. The van der Waals surface area contributed by atoms with Gasteiger partial charge in [-0.25, -0.2) is 12.8 Å². The maximum atomic E-state index is 13.1. The first-order valence-electron chi connectivity index (χ1n) is 10.2. The van der Waals surface area contributed by atoms with Crippen LogP contribution in [0.1, 0.15) is 18.9 Å². The number of anilines is 2. The van der Waals surface area contributed by atoms with E-state index < -0.39 is 27.9 Å². The van der Waals surface area contributed by atoms with Gasteiger partial charge in [-0.1, -0.05) is 13.0 Å². The van der Waals surface area contributed by atoms with Crippen molar-refractivity contribution in [2.24, 2.45) is 0 Å². The molecule has 9 heteroatoms. The predicted molar refractivity (Wildman–Crippen MR) is 125 cm³/mol. The lowest BCUT2D eigenvalue weighted by Gasteiger charge is -2.17. The molecule has 174 valence electrons. The molecule has 0 saturated heterocycles. The minimum absolute atomic E-state index is 0.0265. The molecule has 0 fully saturated rings. The third-order valence-corrected chi connectivity index (χ3v) is 6.17. The highest BCUT2D eigenvalue weighted by Gasteiger charge is 2.20. The molecule has 1 atom stereocenters. The first-order valence-corrected chi connectivity index (χ1v) is 11.7. The maximum absolute atomic E-state index is 13.1. The first-order chi connectivity index (χ1) is 15.7. The molecule has 0 spiro atoms. The molecule has 0 aliphatic rings. The topological polar surface area (TPSA) is 93.7 Å². The van der Waals surface area contributed by atoms with Gasteiger partial charge in [0.1, 0.15) is 17.3 Å². The summed E-state index contributed by atoms with van der Waals surface area (Å²) in [4.78, 5) is 12.6. The second-order valence-corrected chi connectivity index (χ2v) is 8.97. The van der Waals surface area contributed by atoms with E-state index >= 15 is 0 Å². The Balaban J connectivity index is 1.69. The summed E-state index contributed by atoms with van der Waals surface area (Å²) in [5.41, 5.74) is 1.62. The molecule has 3 aromatic carbocycles. The highest BCUT2D eigenvalue weighted by Crippen LogP contribution is 2.28. The monoisotopic (exact) mass is 472 g/mol. The molecule has 7 nitrogen and oxygen atoms in total. The smallest absolute Gasteiger partial charge is 0.265 e. The fourth-order valence-corrected chi connectivity index (χ4v) is 4.11. The summed E-state index contributed by atoms with van der Waals surface area (Å²) in [6.45, 7) is 3.63. The molecule has 0 unspecified atom stereocenters. The van der Waals surface area contributed by atoms with Crippen molar-refractivity contribution in [3.63, 3.8) is 0 Å². The lowest BCUT2D eigenvalue weighted by molar-refractivity contribution is -0.122. The fraction of sp³-hybridized carbons (Fsp3) is 0.208. The zero-order valence-corrected chi connectivity index (χ0v) is 19.3. The van der Waals surface area contributed by atoms with Gasteiger partial charge in [0.15, 0.2) is 6.10 Å². The molecule has 3 aromatic rings. The summed E-state index contributed by atoms with van der Waals surface area (Å²) in [5.74, 6) is -0.0254. The van der Waals surface area contributed by atoms with Crippen molar-refractivity contribution in [1.82, 2.24) is 0 Å². The van der Waals surface area contributed by atoms with Crippen LogP contribution in [0, 0.1) is 12.7 Å². The number of rotatable bonds is 9. The molecule has 0 heterocycles. The molecule has 0 aromatic heterocycles. The van der Waals surface area contributed by atoms with Gasteiger partial charge in [0.05, 0.1) is 17.7 Å². The highest BCUT2D eigenvalue weighted by molar-refractivity contribution is 7.92. The molecule has 1 amide bonds. The number of carbonyl (C=O) groups is 1. The number of sulfonamides is 1. The molecule has 3 rings (SSSR count). The molecule has 2 N–H and O–H groups in total. The second kappa shape index (κ2) is 10.4. The van der Waals surface area contributed by atoms with E-state index in [0.29, 0.717) is 29.3 Å². The molecular weight excluding hydrogens is 447 g/mol. The third-order valence-electron chi connectivity index (χ3n) is 4.79. The number of benzene rings is 3. The van der Waals surface area contributed by atoms with Gasteiger partial charge in [0.25, 0.3) is 15.9 Å². The third kappa shape index (κ3) is 6.23. The van der Waals surface area contributed by atoms with Crippen molar-refractivity contribution in [1.29, 1.82) is 0 Å². The number of amides is 1. The van der Waals surface area contributed by atoms with E-state index in [1.165, 1.54) is 55.6 Å². The van der Waals surface area contributed by atoms with Crippen LogP contribution in [0.15, 0.2) is 71.6 Å². The zero-order valence-electron chi connectivity index (χ0n) is 18.5. The Bertz CT molecular complexity index is 1210. The van der Waals surface area contributed by atoms with Crippen LogP contribution in [0.5, 0.6) is 11.5 Å². The van der Waals surface area contributed by atoms with E-state index in [1.54, 1.807) is 19.1 Å². The second-order valence-electron chi connectivity index (χ2n) is 7.29. The van der Waals surface area contributed by atoms with Crippen molar-refractivity contribution < 1.29 is 27.1 Å². The molecule has 33 heavy (non-hydrogen) atoms. The van der Waals surface area contributed by atoms with Crippen molar-refractivity contribution >= 4 is 27.3 Å². The number of ether oxygens (including phenoxy) is 2. The van der Waals surface area contributed by atoms with Crippen LogP contribution in [0.2, 0.25) is 0 Å². The summed E-state index contributed by atoms with van der Waals surface area (Å²) in [6, 6.07) is 16.3. The number of halogens is 1. The predicted octanol–water partition coefficient (Wildman–Crippen LogP) is 4.74. The number of aryl methyl sites for hydroxylation is 1. The molecule has 0 radical (unpaired) electrons. The van der Waals surface area contributed by atoms with E-state index in [-0.39, 0.29) is 4.90 Å². The highest BCUT2D eigenvalue weighted by atomic mass is 32.2. The van der Waals surface area contributed by atoms with Crippen molar-refractivity contribution in [3.8, 4) is 11.5 Å². The van der Waals surface area contributed by atoms with Gasteiger partial charge in [-0.15, -0.1) is 0 Å². The summed E-state index contributed by atoms with van der Waals surface area (Å²) in [6.07, 6.45) is -0.410. The average Bonchev–Trinajstić information content (AvgIpc) is 2.79. The molecular formula is C24H25FN2O5S. The Morgan fingerprint density at radius 3 is 2.30 bits per heavy atom.